The summed E-state index contributed by atoms with van der Waals surface area (Å²) in [4.78, 5) is 27.4. The largest absolute Gasteiger partial charge is 0.342 e. The molecule has 0 aromatic carbocycles. The van der Waals surface area contributed by atoms with E-state index in [4.69, 9.17) is 23.2 Å². The Kier molecular flexibility index (Phi) is 4.03. The summed E-state index contributed by atoms with van der Waals surface area (Å²) >= 11 is 11.7. The number of nitrogens with zero attached hydrogens (tertiary/aromatic N) is 6. The molecule has 0 saturated carbocycles. The number of carbonyl (C=O) groups is 1. The lowest BCUT2D eigenvalue weighted by molar-refractivity contribution is -0.113. The van der Waals surface area contributed by atoms with Gasteiger partial charge >= 0.3 is 0 Å². The Labute approximate surface area is 157 Å². The van der Waals surface area contributed by atoms with Gasteiger partial charge in [0.25, 0.3) is 11.8 Å². The zero-order valence-corrected chi connectivity index (χ0v) is 15.2. The molecule has 0 radical (unpaired) electrons. The van der Waals surface area contributed by atoms with Gasteiger partial charge < -0.3 is 14.4 Å². The molecule has 0 unspecified atom stereocenters. The molecule has 2 aliphatic rings. The maximum absolute atomic E-state index is 13.0. The van der Waals surface area contributed by atoms with E-state index in [1.165, 1.54) is 0 Å². The molecule has 2 aromatic rings. The first-order chi connectivity index (χ1) is 12.2. The third-order valence-corrected chi connectivity index (χ3v) is 4.98. The summed E-state index contributed by atoms with van der Waals surface area (Å²) in [7, 11) is 1.75. The van der Waals surface area contributed by atoms with E-state index < -0.39 is 19.0 Å². The summed E-state index contributed by atoms with van der Waals surface area (Å²) in [5.74, 6) is -2.81. The fourth-order valence-corrected chi connectivity index (χ4v) is 3.65. The summed E-state index contributed by atoms with van der Waals surface area (Å²) in [5, 5.41) is 0.0134. The Hall–Kier alpha value is -2.00. The van der Waals surface area contributed by atoms with Crippen LogP contribution >= 0.6 is 23.2 Å². The first-order valence-corrected chi connectivity index (χ1v) is 8.66. The quantitative estimate of drug-likeness (QED) is 0.769. The Bertz CT molecular complexity index is 874. The van der Waals surface area contributed by atoms with Crippen LogP contribution in [0.4, 0.5) is 14.7 Å². The van der Waals surface area contributed by atoms with Crippen molar-refractivity contribution in [2.45, 2.75) is 18.9 Å². The number of alkyl halides is 2. The Morgan fingerprint density at radius 2 is 1.85 bits per heavy atom. The molecule has 0 aliphatic carbocycles. The Morgan fingerprint density at radius 1 is 1.19 bits per heavy atom. The lowest BCUT2D eigenvalue weighted by Gasteiger charge is -2.38. The molecule has 26 heavy (non-hydrogen) atoms. The summed E-state index contributed by atoms with van der Waals surface area (Å²) in [6, 6.07) is 1.78. The zero-order chi connectivity index (χ0) is 18.6. The highest BCUT2D eigenvalue weighted by atomic mass is 35.5. The van der Waals surface area contributed by atoms with Crippen LogP contribution in [0.3, 0.4) is 0 Å². The van der Waals surface area contributed by atoms with Gasteiger partial charge in [-0.15, -0.1) is 0 Å². The summed E-state index contributed by atoms with van der Waals surface area (Å²) < 4.78 is 27.8. The van der Waals surface area contributed by atoms with Gasteiger partial charge in [0.15, 0.2) is 0 Å². The SMILES string of the molecule is Cn1c(C(=O)N2CC(F)(F)C2)cc2c1CN(c1nc(Cl)nc(Cl)n1)CC2. The van der Waals surface area contributed by atoms with E-state index in [2.05, 4.69) is 15.0 Å². The van der Waals surface area contributed by atoms with Crippen molar-refractivity contribution in [3.63, 3.8) is 0 Å². The second-order valence-corrected chi connectivity index (χ2v) is 7.10. The summed E-state index contributed by atoms with van der Waals surface area (Å²) in [6.45, 7) is 0.000359. The lowest BCUT2D eigenvalue weighted by Crippen LogP contribution is -2.58. The molecule has 0 N–H and O–H groups in total. The van der Waals surface area contributed by atoms with Gasteiger partial charge in [0, 0.05) is 19.3 Å². The second-order valence-electron chi connectivity index (χ2n) is 6.42. The number of halogens is 4. The fourth-order valence-electron chi connectivity index (χ4n) is 3.30. The van der Waals surface area contributed by atoms with Crippen molar-refractivity contribution >= 4 is 35.1 Å². The van der Waals surface area contributed by atoms with Crippen molar-refractivity contribution in [3.05, 3.63) is 33.6 Å². The molecular weight excluding hydrogens is 389 g/mol. The second kappa shape index (κ2) is 6.02. The smallest absolute Gasteiger partial charge is 0.282 e. The van der Waals surface area contributed by atoms with Crippen molar-refractivity contribution in [1.82, 2.24) is 24.4 Å². The van der Waals surface area contributed by atoms with Gasteiger partial charge in [-0.3, -0.25) is 4.79 Å². The van der Waals surface area contributed by atoms with Gasteiger partial charge in [-0.2, -0.15) is 15.0 Å². The standard InChI is InChI=1S/C15H14Cl2F2N6O/c1-23-9(11(26)25-6-15(18,19)7-25)4-8-2-3-24(5-10(8)23)14-21-12(16)20-13(17)22-14/h4H,2-3,5-7H2,1H3. The van der Waals surface area contributed by atoms with Crippen LogP contribution in [-0.2, 0) is 20.0 Å². The number of aromatic nitrogens is 4. The van der Waals surface area contributed by atoms with Gasteiger partial charge in [0.2, 0.25) is 16.5 Å². The highest BCUT2D eigenvalue weighted by molar-refractivity contribution is 6.31. The predicted molar refractivity (Wildman–Crippen MR) is 90.9 cm³/mol. The van der Waals surface area contributed by atoms with E-state index in [-0.39, 0.29) is 16.5 Å². The molecule has 0 atom stereocenters. The average Bonchev–Trinajstić information content (AvgIpc) is 2.87. The Balaban J connectivity index is 1.58. The van der Waals surface area contributed by atoms with Crippen molar-refractivity contribution in [2.24, 2.45) is 7.05 Å². The molecule has 138 valence electrons. The van der Waals surface area contributed by atoms with Crippen LogP contribution in [0.2, 0.25) is 10.6 Å². The molecule has 1 amide bonds. The van der Waals surface area contributed by atoms with E-state index >= 15 is 0 Å². The number of hydrogen-bond donors (Lipinski definition) is 0. The fraction of sp³-hybridized carbons (Fsp3) is 0.467. The monoisotopic (exact) mass is 402 g/mol. The highest BCUT2D eigenvalue weighted by Crippen LogP contribution is 2.30. The highest BCUT2D eigenvalue weighted by Gasteiger charge is 2.47. The van der Waals surface area contributed by atoms with E-state index in [0.717, 1.165) is 16.2 Å². The first kappa shape index (κ1) is 17.4. The predicted octanol–water partition coefficient (Wildman–Crippen LogP) is 2.17. The van der Waals surface area contributed by atoms with Gasteiger partial charge in [0.05, 0.1) is 19.6 Å². The van der Waals surface area contributed by atoms with Crippen LogP contribution in [0.5, 0.6) is 0 Å². The normalized spacial score (nSPS) is 18.5. The molecule has 4 heterocycles. The molecule has 2 aliphatic heterocycles. The zero-order valence-electron chi connectivity index (χ0n) is 13.7. The topological polar surface area (TPSA) is 67.2 Å². The van der Waals surface area contributed by atoms with E-state index in [9.17, 15) is 13.6 Å². The molecule has 11 heteroatoms. The number of rotatable bonds is 2. The minimum absolute atomic E-state index is 0.00672. The molecule has 1 saturated heterocycles. The van der Waals surface area contributed by atoms with Gasteiger partial charge in [-0.1, -0.05) is 0 Å². The molecular formula is C15H14Cl2F2N6O. The van der Waals surface area contributed by atoms with Crippen LogP contribution in [-0.4, -0.2) is 55.9 Å². The van der Waals surface area contributed by atoms with E-state index in [0.29, 0.717) is 31.2 Å². The van der Waals surface area contributed by atoms with Gasteiger partial charge in [-0.05, 0) is 41.3 Å². The summed E-state index contributed by atoms with van der Waals surface area (Å²) in [5.41, 5.74) is 2.31. The van der Waals surface area contributed by atoms with Gasteiger partial charge in [-0.25, -0.2) is 8.78 Å². The van der Waals surface area contributed by atoms with Crippen molar-refractivity contribution in [3.8, 4) is 0 Å². The number of likely N-dealkylation sites (tertiary alicyclic amines) is 1. The number of fused-ring (bicyclic) bond motifs is 1. The molecule has 0 bridgehead atoms. The number of carbonyl (C=O) groups excluding carboxylic acids is 1. The van der Waals surface area contributed by atoms with E-state index in [1.54, 1.807) is 17.7 Å². The summed E-state index contributed by atoms with van der Waals surface area (Å²) in [6.07, 6.45) is 0.660. The minimum Gasteiger partial charge on any atom is -0.342 e. The third-order valence-electron chi connectivity index (χ3n) is 4.64. The van der Waals surface area contributed by atoms with E-state index in [1.807, 2.05) is 4.90 Å². The van der Waals surface area contributed by atoms with Crippen LogP contribution in [0.15, 0.2) is 6.07 Å². The van der Waals surface area contributed by atoms with Gasteiger partial charge in [0.1, 0.15) is 5.69 Å². The van der Waals surface area contributed by atoms with Crippen molar-refractivity contribution in [2.75, 3.05) is 24.5 Å². The maximum atomic E-state index is 13.0. The minimum atomic E-state index is -2.78. The van der Waals surface area contributed by atoms with Crippen molar-refractivity contribution < 1.29 is 13.6 Å². The lowest BCUT2D eigenvalue weighted by atomic mass is 10.1. The Morgan fingerprint density at radius 3 is 2.46 bits per heavy atom. The molecule has 2 aromatic heterocycles. The number of hydrogen-bond acceptors (Lipinski definition) is 5. The molecule has 1 fully saturated rings. The maximum Gasteiger partial charge on any atom is 0.282 e. The van der Waals surface area contributed by atoms with Crippen LogP contribution in [0, 0.1) is 0 Å². The molecule has 7 nitrogen and oxygen atoms in total. The molecule has 0 spiro atoms. The molecule has 4 rings (SSSR count). The first-order valence-electron chi connectivity index (χ1n) is 7.90. The number of amides is 1. The van der Waals surface area contributed by atoms with Crippen LogP contribution < -0.4 is 4.90 Å². The average molecular weight is 403 g/mol. The number of anilines is 1. The van der Waals surface area contributed by atoms with Crippen molar-refractivity contribution in [1.29, 1.82) is 0 Å². The van der Waals surface area contributed by atoms with Crippen LogP contribution in [0.1, 0.15) is 21.7 Å². The third kappa shape index (κ3) is 2.99. The van der Waals surface area contributed by atoms with Crippen LogP contribution in [0.25, 0.3) is 0 Å².